The van der Waals surface area contributed by atoms with Gasteiger partial charge in [-0.15, -0.1) is 0 Å². The van der Waals surface area contributed by atoms with Gasteiger partial charge in [-0.2, -0.15) is 0 Å². The average molecular weight is 331 g/mol. The molecule has 0 aliphatic carbocycles. The number of halogens is 2. The van der Waals surface area contributed by atoms with Crippen LogP contribution < -0.4 is 5.32 Å². The summed E-state index contributed by atoms with van der Waals surface area (Å²) in [6.45, 7) is 11.5. The van der Waals surface area contributed by atoms with Crippen LogP contribution in [0, 0.1) is 5.82 Å². The van der Waals surface area contributed by atoms with Crippen molar-refractivity contribution < 1.29 is 4.39 Å². The molecule has 0 spiro atoms. The molecule has 0 saturated heterocycles. The van der Waals surface area contributed by atoms with E-state index in [1.54, 1.807) is 0 Å². The second-order valence-electron chi connectivity index (χ2n) is 4.94. The molecule has 0 aromatic heterocycles. The molecule has 0 aliphatic rings. The van der Waals surface area contributed by atoms with Crippen LogP contribution in [0.25, 0.3) is 0 Å². The molecule has 108 valence electrons. The molecule has 2 atom stereocenters. The van der Waals surface area contributed by atoms with Crippen molar-refractivity contribution in [3.8, 4) is 0 Å². The fraction of sp³-hybridized carbons (Fsp3) is 0.600. The summed E-state index contributed by atoms with van der Waals surface area (Å²) in [6.07, 6.45) is 0. The number of likely N-dealkylation sites (N-methyl/N-ethyl adjacent to an activating group) is 1. The average Bonchev–Trinajstić information content (AvgIpc) is 2.35. The van der Waals surface area contributed by atoms with Crippen LogP contribution in [0.5, 0.6) is 0 Å². The van der Waals surface area contributed by atoms with E-state index < -0.39 is 0 Å². The Morgan fingerprint density at radius 2 is 1.89 bits per heavy atom. The first kappa shape index (κ1) is 16.6. The van der Waals surface area contributed by atoms with Crippen molar-refractivity contribution in [1.29, 1.82) is 0 Å². The Hall–Kier alpha value is -0.450. The molecule has 1 rings (SSSR count). The second kappa shape index (κ2) is 7.98. The normalized spacial score (nSPS) is 14.7. The Labute approximate surface area is 124 Å². The zero-order valence-corrected chi connectivity index (χ0v) is 13.8. The van der Waals surface area contributed by atoms with Crippen molar-refractivity contribution in [2.75, 3.05) is 19.6 Å². The largest absolute Gasteiger partial charge is 0.306 e. The molecule has 2 nitrogen and oxygen atoms in total. The van der Waals surface area contributed by atoms with E-state index >= 15 is 0 Å². The van der Waals surface area contributed by atoms with Crippen LogP contribution in [0.3, 0.4) is 0 Å². The van der Waals surface area contributed by atoms with E-state index in [-0.39, 0.29) is 11.9 Å². The predicted octanol–water partition coefficient (Wildman–Crippen LogP) is 3.97. The Morgan fingerprint density at radius 3 is 2.42 bits per heavy atom. The maximum Gasteiger partial charge on any atom is 0.129 e. The molecule has 0 fully saturated rings. The SMILES string of the molecule is CCN(CC)CC(C)NC(C)c1ccc(Br)cc1F. The minimum Gasteiger partial charge on any atom is -0.306 e. The van der Waals surface area contributed by atoms with Crippen LogP contribution in [0.2, 0.25) is 0 Å². The van der Waals surface area contributed by atoms with Gasteiger partial charge in [0, 0.05) is 28.7 Å². The second-order valence-corrected chi connectivity index (χ2v) is 5.86. The summed E-state index contributed by atoms with van der Waals surface area (Å²) in [7, 11) is 0. The molecule has 1 aromatic carbocycles. The molecule has 0 aliphatic heterocycles. The highest BCUT2D eigenvalue weighted by molar-refractivity contribution is 9.10. The third kappa shape index (κ3) is 5.21. The van der Waals surface area contributed by atoms with Crippen LogP contribution in [-0.2, 0) is 0 Å². The summed E-state index contributed by atoms with van der Waals surface area (Å²) < 4.78 is 14.6. The number of rotatable bonds is 7. The first-order valence-electron chi connectivity index (χ1n) is 6.91. The number of benzene rings is 1. The van der Waals surface area contributed by atoms with Gasteiger partial charge in [-0.3, -0.25) is 0 Å². The summed E-state index contributed by atoms with van der Waals surface area (Å²) in [6, 6.07) is 5.58. The Bertz CT molecular complexity index is 394. The molecule has 0 saturated carbocycles. The molecule has 0 bridgehead atoms. The lowest BCUT2D eigenvalue weighted by Gasteiger charge is -2.26. The number of hydrogen-bond donors (Lipinski definition) is 1. The molecule has 1 N–H and O–H groups in total. The molecule has 4 heteroatoms. The molecule has 0 radical (unpaired) electrons. The van der Waals surface area contributed by atoms with Crippen LogP contribution in [0.15, 0.2) is 22.7 Å². The van der Waals surface area contributed by atoms with Crippen molar-refractivity contribution in [3.63, 3.8) is 0 Å². The maximum atomic E-state index is 13.9. The Morgan fingerprint density at radius 1 is 1.26 bits per heavy atom. The molecule has 2 unspecified atom stereocenters. The quantitative estimate of drug-likeness (QED) is 0.813. The summed E-state index contributed by atoms with van der Waals surface area (Å²) in [5.41, 5.74) is 0.717. The van der Waals surface area contributed by atoms with Crippen molar-refractivity contribution in [3.05, 3.63) is 34.1 Å². The lowest BCUT2D eigenvalue weighted by Crippen LogP contribution is -2.40. The minimum atomic E-state index is -0.163. The van der Waals surface area contributed by atoms with Crippen molar-refractivity contribution in [2.45, 2.75) is 39.8 Å². The summed E-state index contributed by atoms with van der Waals surface area (Å²) in [5, 5.41) is 3.46. The van der Waals surface area contributed by atoms with E-state index in [9.17, 15) is 4.39 Å². The minimum absolute atomic E-state index is 0.0127. The van der Waals surface area contributed by atoms with E-state index in [4.69, 9.17) is 0 Å². The molecule has 0 heterocycles. The highest BCUT2D eigenvalue weighted by Crippen LogP contribution is 2.21. The van der Waals surface area contributed by atoms with E-state index in [0.29, 0.717) is 6.04 Å². The van der Waals surface area contributed by atoms with E-state index in [2.05, 4.69) is 46.9 Å². The van der Waals surface area contributed by atoms with Gasteiger partial charge in [0.2, 0.25) is 0 Å². The standard InChI is InChI=1S/C15H24BrFN2/c1-5-19(6-2)10-11(3)18-12(4)14-8-7-13(16)9-15(14)17/h7-9,11-12,18H,5-6,10H2,1-4H3. The van der Waals surface area contributed by atoms with Gasteiger partial charge in [0.25, 0.3) is 0 Å². The smallest absolute Gasteiger partial charge is 0.129 e. The molecular formula is C15H24BrFN2. The highest BCUT2D eigenvalue weighted by Gasteiger charge is 2.14. The summed E-state index contributed by atoms with van der Waals surface area (Å²) in [5.74, 6) is -0.163. The van der Waals surface area contributed by atoms with Gasteiger partial charge < -0.3 is 10.2 Å². The first-order chi connectivity index (χ1) is 8.97. The third-order valence-corrected chi connectivity index (χ3v) is 3.88. The van der Waals surface area contributed by atoms with Crippen LogP contribution in [0.4, 0.5) is 4.39 Å². The lowest BCUT2D eigenvalue weighted by atomic mass is 10.1. The highest BCUT2D eigenvalue weighted by atomic mass is 79.9. The summed E-state index contributed by atoms with van der Waals surface area (Å²) in [4.78, 5) is 2.36. The van der Waals surface area contributed by atoms with Crippen molar-refractivity contribution in [2.24, 2.45) is 0 Å². The first-order valence-corrected chi connectivity index (χ1v) is 7.70. The maximum absolute atomic E-state index is 13.9. The van der Waals surface area contributed by atoms with Crippen molar-refractivity contribution >= 4 is 15.9 Å². The van der Waals surface area contributed by atoms with E-state index in [1.165, 1.54) is 6.07 Å². The molecule has 19 heavy (non-hydrogen) atoms. The Balaban J connectivity index is 2.61. The fourth-order valence-electron chi connectivity index (χ4n) is 2.29. The zero-order valence-electron chi connectivity index (χ0n) is 12.2. The van der Waals surface area contributed by atoms with Gasteiger partial charge in [0.1, 0.15) is 5.82 Å². The fourth-order valence-corrected chi connectivity index (χ4v) is 2.62. The van der Waals surface area contributed by atoms with E-state index in [0.717, 1.165) is 29.7 Å². The van der Waals surface area contributed by atoms with Crippen LogP contribution in [-0.4, -0.2) is 30.6 Å². The van der Waals surface area contributed by atoms with Gasteiger partial charge in [-0.25, -0.2) is 4.39 Å². The topological polar surface area (TPSA) is 15.3 Å². The third-order valence-electron chi connectivity index (χ3n) is 3.39. The number of hydrogen-bond acceptors (Lipinski definition) is 2. The van der Waals surface area contributed by atoms with Gasteiger partial charge in [0.05, 0.1) is 0 Å². The Kier molecular flexibility index (Phi) is 6.97. The molecule has 1 aromatic rings. The molecule has 0 amide bonds. The molecular weight excluding hydrogens is 307 g/mol. The van der Waals surface area contributed by atoms with Crippen LogP contribution in [0.1, 0.15) is 39.3 Å². The lowest BCUT2D eigenvalue weighted by molar-refractivity contribution is 0.263. The monoisotopic (exact) mass is 330 g/mol. The summed E-state index contributed by atoms with van der Waals surface area (Å²) >= 11 is 3.28. The number of nitrogens with one attached hydrogen (secondary N) is 1. The number of nitrogens with zero attached hydrogens (tertiary/aromatic N) is 1. The van der Waals surface area contributed by atoms with Gasteiger partial charge >= 0.3 is 0 Å². The van der Waals surface area contributed by atoms with E-state index in [1.807, 2.05) is 19.1 Å². The predicted molar refractivity (Wildman–Crippen MR) is 82.9 cm³/mol. The van der Waals surface area contributed by atoms with Gasteiger partial charge in [-0.05, 0) is 39.1 Å². The van der Waals surface area contributed by atoms with Crippen LogP contribution >= 0.6 is 15.9 Å². The van der Waals surface area contributed by atoms with Gasteiger partial charge in [-0.1, -0.05) is 35.8 Å². The van der Waals surface area contributed by atoms with Gasteiger partial charge in [0.15, 0.2) is 0 Å². The van der Waals surface area contributed by atoms with Crippen molar-refractivity contribution in [1.82, 2.24) is 10.2 Å². The zero-order chi connectivity index (χ0) is 14.4.